The van der Waals surface area contributed by atoms with E-state index in [1.807, 2.05) is 0 Å². The number of amides is 1. The molecule has 1 N–H and O–H groups in total. The number of ether oxygens (including phenoxy) is 1. The van der Waals surface area contributed by atoms with Gasteiger partial charge in [-0.25, -0.2) is 0 Å². The Kier molecular flexibility index (Phi) is 3.74. The van der Waals surface area contributed by atoms with Gasteiger partial charge >= 0.3 is 0 Å². The van der Waals surface area contributed by atoms with Gasteiger partial charge in [0.05, 0.1) is 7.11 Å². The van der Waals surface area contributed by atoms with Gasteiger partial charge in [-0.3, -0.25) is 9.78 Å². The molecule has 2 rings (SSSR count). The first kappa shape index (κ1) is 13.0. The van der Waals surface area contributed by atoms with Gasteiger partial charge in [0.25, 0.3) is 5.91 Å². The smallest absolute Gasteiger partial charge is 0.270 e. The van der Waals surface area contributed by atoms with Gasteiger partial charge in [0.2, 0.25) is 5.89 Å². The predicted molar refractivity (Wildman–Crippen MR) is 65.7 cm³/mol. The normalized spacial score (nSPS) is 11.9. The number of methoxy groups -OCH3 is 1. The molecule has 100 valence electrons. The molecule has 0 saturated heterocycles. The molecular weight excluding hydrogens is 248 g/mol. The Labute approximate surface area is 110 Å². The number of carbonyl (C=O) groups is 1. The molecule has 2 aromatic rings. The Morgan fingerprint density at radius 2 is 2.32 bits per heavy atom. The van der Waals surface area contributed by atoms with Crippen molar-refractivity contribution in [1.82, 2.24) is 20.4 Å². The zero-order valence-electron chi connectivity index (χ0n) is 10.9. The quantitative estimate of drug-likeness (QED) is 0.892. The van der Waals surface area contributed by atoms with Crippen molar-refractivity contribution in [1.29, 1.82) is 0 Å². The Morgan fingerprint density at radius 3 is 2.95 bits per heavy atom. The number of carbonyl (C=O) groups excluding carboxylic acids is 1. The van der Waals surface area contributed by atoms with E-state index in [2.05, 4.69) is 20.4 Å². The summed E-state index contributed by atoms with van der Waals surface area (Å²) in [6, 6.07) is 2.84. The van der Waals surface area contributed by atoms with Crippen molar-refractivity contribution >= 4 is 5.91 Å². The second kappa shape index (κ2) is 5.47. The second-order valence-electron chi connectivity index (χ2n) is 3.96. The number of pyridine rings is 1. The molecule has 0 fully saturated rings. The van der Waals surface area contributed by atoms with Crippen molar-refractivity contribution in [3.63, 3.8) is 0 Å². The molecule has 0 bridgehead atoms. The molecule has 2 heterocycles. The lowest BCUT2D eigenvalue weighted by Crippen LogP contribution is -2.27. The highest BCUT2D eigenvalue weighted by atomic mass is 16.5. The van der Waals surface area contributed by atoms with Gasteiger partial charge in [-0.15, -0.1) is 0 Å². The molecule has 1 amide bonds. The third-order valence-electron chi connectivity index (χ3n) is 2.46. The van der Waals surface area contributed by atoms with Gasteiger partial charge in [-0.1, -0.05) is 5.16 Å². The fourth-order valence-corrected chi connectivity index (χ4v) is 1.48. The number of nitrogens with zero attached hydrogens (tertiary/aromatic N) is 3. The van der Waals surface area contributed by atoms with Crippen LogP contribution in [0.3, 0.4) is 0 Å². The van der Waals surface area contributed by atoms with Gasteiger partial charge in [0.15, 0.2) is 5.82 Å². The molecule has 19 heavy (non-hydrogen) atoms. The van der Waals surface area contributed by atoms with E-state index in [9.17, 15) is 4.79 Å². The maximum atomic E-state index is 12.0. The van der Waals surface area contributed by atoms with Crippen molar-refractivity contribution < 1.29 is 14.1 Å². The molecule has 0 aliphatic carbocycles. The van der Waals surface area contributed by atoms with Crippen molar-refractivity contribution in [3.8, 4) is 5.75 Å². The van der Waals surface area contributed by atoms with E-state index in [0.717, 1.165) is 0 Å². The summed E-state index contributed by atoms with van der Waals surface area (Å²) < 4.78 is 10.0. The first-order valence-electron chi connectivity index (χ1n) is 5.71. The van der Waals surface area contributed by atoms with Crippen LogP contribution in [0.5, 0.6) is 5.75 Å². The van der Waals surface area contributed by atoms with Crippen LogP contribution in [0, 0.1) is 6.92 Å². The maximum absolute atomic E-state index is 12.0. The van der Waals surface area contributed by atoms with E-state index < -0.39 is 0 Å². The summed E-state index contributed by atoms with van der Waals surface area (Å²) in [5.41, 5.74) is 0.266. The number of aryl methyl sites for hydroxylation is 1. The summed E-state index contributed by atoms with van der Waals surface area (Å²) in [4.78, 5) is 20.0. The zero-order chi connectivity index (χ0) is 13.8. The van der Waals surface area contributed by atoms with Crippen LogP contribution in [0.1, 0.15) is 35.2 Å². The van der Waals surface area contributed by atoms with Crippen molar-refractivity contribution in [2.24, 2.45) is 0 Å². The highest BCUT2D eigenvalue weighted by molar-refractivity contribution is 5.92. The first-order chi connectivity index (χ1) is 9.10. The minimum absolute atomic E-state index is 0.266. The van der Waals surface area contributed by atoms with Crippen molar-refractivity contribution in [3.05, 3.63) is 35.7 Å². The summed E-state index contributed by atoms with van der Waals surface area (Å²) in [7, 11) is 1.53. The van der Waals surface area contributed by atoms with E-state index in [1.165, 1.54) is 13.3 Å². The summed E-state index contributed by atoms with van der Waals surface area (Å²) >= 11 is 0. The maximum Gasteiger partial charge on any atom is 0.270 e. The third kappa shape index (κ3) is 3.06. The second-order valence-corrected chi connectivity index (χ2v) is 3.96. The SMILES string of the molecule is COc1ccnc(C(=O)N[C@@H](C)c2nc(C)no2)c1. The standard InChI is InChI=1S/C12H14N4O3/c1-7(12-15-8(2)16-19-12)14-11(17)10-6-9(18-3)4-5-13-10/h4-7H,1-3H3,(H,14,17)/t7-/m0/s1. The van der Waals surface area contributed by atoms with Gasteiger partial charge in [0.1, 0.15) is 17.5 Å². The highest BCUT2D eigenvalue weighted by Crippen LogP contribution is 2.13. The van der Waals surface area contributed by atoms with Crippen LogP contribution < -0.4 is 10.1 Å². The van der Waals surface area contributed by atoms with Crippen LogP contribution in [0.25, 0.3) is 0 Å². The van der Waals surface area contributed by atoms with E-state index in [0.29, 0.717) is 17.5 Å². The average molecular weight is 262 g/mol. The van der Waals surface area contributed by atoms with Crippen LogP contribution >= 0.6 is 0 Å². The highest BCUT2D eigenvalue weighted by Gasteiger charge is 2.17. The number of nitrogens with one attached hydrogen (secondary N) is 1. The predicted octanol–water partition coefficient (Wildman–Crippen LogP) is 1.27. The minimum Gasteiger partial charge on any atom is -0.497 e. The van der Waals surface area contributed by atoms with Crippen LogP contribution in [-0.4, -0.2) is 28.1 Å². The molecule has 7 heteroatoms. The van der Waals surface area contributed by atoms with Crippen molar-refractivity contribution in [2.75, 3.05) is 7.11 Å². The Morgan fingerprint density at radius 1 is 1.53 bits per heavy atom. The number of hydrogen-bond donors (Lipinski definition) is 1. The molecule has 0 unspecified atom stereocenters. The topological polar surface area (TPSA) is 90.1 Å². The minimum atomic E-state index is -0.387. The molecule has 0 radical (unpaired) electrons. The zero-order valence-corrected chi connectivity index (χ0v) is 10.9. The van der Waals surface area contributed by atoms with Gasteiger partial charge < -0.3 is 14.6 Å². The first-order valence-corrected chi connectivity index (χ1v) is 5.71. The molecule has 1 atom stereocenters. The lowest BCUT2D eigenvalue weighted by Gasteiger charge is -2.09. The summed E-state index contributed by atoms with van der Waals surface area (Å²) in [6.07, 6.45) is 1.51. The third-order valence-corrected chi connectivity index (χ3v) is 2.46. The number of hydrogen-bond acceptors (Lipinski definition) is 6. The molecule has 0 aliphatic heterocycles. The largest absolute Gasteiger partial charge is 0.497 e. The van der Waals surface area contributed by atoms with E-state index in [1.54, 1.807) is 26.0 Å². The fraction of sp³-hybridized carbons (Fsp3) is 0.333. The fourth-order valence-electron chi connectivity index (χ4n) is 1.48. The molecule has 0 saturated carbocycles. The number of rotatable bonds is 4. The van der Waals surface area contributed by atoms with Crippen LogP contribution in [0.2, 0.25) is 0 Å². The Balaban J connectivity index is 2.08. The molecule has 0 spiro atoms. The molecular formula is C12H14N4O3. The lowest BCUT2D eigenvalue weighted by molar-refractivity contribution is 0.0927. The van der Waals surface area contributed by atoms with E-state index in [4.69, 9.17) is 9.26 Å². The van der Waals surface area contributed by atoms with Crippen LogP contribution in [0.15, 0.2) is 22.9 Å². The monoisotopic (exact) mass is 262 g/mol. The van der Waals surface area contributed by atoms with Gasteiger partial charge in [-0.2, -0.15) is 4.98 Å². The molecule has 2 aromatic heterocycles. The average Bonchev–Trinajstić information content (AvgIpc) is 2.85. The van der Waals surface area contributed by atoms with E-state index >= 15 is 0 Å². The van der Waals surface area contributed by atoms with Gasteiger partial charge in [0, 0.05) is 12.3 Å². The molecule has 0 aliphatic rings. The Bertz CT molecular complexity index is 582. The van der Waals surface area contributed by atoms with Gasteiger partial charge in [-0.05, 0) is 19.9 Å². The summed E-state index contributed by atoms with van der Waals surface area (Å²) in [5, 5.41) is 6.40. The number of aromatic nitrogens is 3. The molecule has 0 aromatic carbocycles. The van der Waals surface area contributed by atoms with Crippen LogP contribution in [0.4, 0.5) is 0 Å². The van der Waals surface area contributed by atoms with E-state index in [-0.39, 0.29) is 17.6 Å². The lowest BCUT2D eigenvalue weighted by atomic mass is 10.3. The summed E-state index contributed by atoms with van der Waals surface area (Å²) in [6.45, 7) is 3.47. The molecule has 7 nitrogen and oxygen atoms in total. The van der Waals surface area contributed by atoms with Crippen LogP contribution in [-0.2, 0) is 0 Å². The van der Waals surface area contributed by atoms with Crippen molar-refractivity contribution in [2.45, 2.75) is 19.9 Å². The Hall–Kier alpha value is -2.44. The summed E-state index contributed by atoms with van der Waals surface area (Å²) in [5.74, 6) is 1.12.